The summed E-state index contributed by atoms with van der Waals surface area (Å²) in [4.78, 5) is 25.8. The first kappa shape index (κ1) is 16.6. The van der Waals surface area contributed by atoms with E-state index in [1.165, 1.54) is 11.1 Å². The molecule has 2 aromatic carbocycles. The Kier molecular flexibility index (Phi) is 3.94. The minimum Gasteiger partial charge on any atom is -0.478 e. The molecule has 1 aliphatic carbocycles. The SMILES string of the molecule is CN1Cc2ccccc2CC2(CC(Nc3ccc(C(=O)O)cc3)C2)C1=O. The molecule has 5 heteroatoms. The summed E-state index contributed by atoms with van der Waals surface area (Å²) in [5, 5.41) is 12.4. The molecule has 26 heavy (non-hydrogen) atoms. The van der Waals surface area contributed by atoms with Gasteiger partial charge in [0.25, 0.3) is 0 Å². The maximum atomic E-state index is 13.0. The maximum Gasteiger partial charge on any atom is 0.335 e. The van der Waals surface area contributed by atoms with Gasteiger partial charge in [-0.15, -0.1) is 0 Å². The van der Waals surface area contributed by atoms with Gasteiger partial charge in [0.2, 0.25) is 5.91 Å². The number of hydrogen-bond donors (Lipinski definition) is 2. The lowest BCUT2D eigenvalue weighted by molar-refractivity contribution is -0.146. The molecular weight excluding hydrogens is 328 g/mol. The summed E-state index contributed by atoms with van der Waals surface area (Å²) in [6, 6.07) is 15.3. The predicted molar refractivity (Wildman–Crippen MR) is 99.1 cm³/mol. The lowest BCUT2D eigenvalue weighted by Crippen LogP contribution is -2.54. The van der Waals surface area contributed by atoms with Gasteiger partial charge in [0.15, 0.2) is 0 Å². The van der Waals surface area contributed by atoms with Crippen molar-refractivity contribution in [3.05, 3.63) is 65.2 Å². The van der Waals surface area contributed by atoms with Crippen LogP contribution in [0.15, 0.2) is 48.5 Å². The number of nitrogens with one attached hydrogen (secondary N) is 1. The summed E-state index contributed by atoms with van der Waals surface area (Å²) in [7, 11) is 1.89. The highest BCUT2D eigenvalue weighted by molar-refractivity contribution is 5.88. The maximum absolute atomic E-state index is 13.0. The number of carboxylic acid groups (broad SMARTS) is 1. The van der Waals surface area contributed by atoms with Crippen LogP contribution in [0.25, 0.3) is 0 Å². The van der Waals surface area contributed by atoms with E-state index in [0.717, 1.165) is 24.9 Å². The molecule has 1 spiro atoms. The average Bonchev–Trinajstić information content (AvgIpc) is 2.71. The van der Waals surface area contributed by atoms with Crippen molar-refractivity contribution in [3.8, 4) is 0 Å². The lowest BCUT2D eigenvalue weighted by atomic mass is 9.61. The lowest BCUT2D eigenvalue weighted by Gasteiger charge is -2.47. The predicted octanol–water partition coefficient (Wildman–Crippen LogP) is 3.16. The number of hydrogen-bond acceptors (Lipinski definition) is 3. The number of anilines is 1. The van der Waals surface area contributed by atoms with Crippen molar-refractivity contribution in [2.24, 2.45) is 5.41 Å². The summed E-state index contributed by atoms with van der Waals surface area (Å²) in [5.41, 5.74) is 3.36. The molecule has 0 radical (unpaired) electrons. The van der Waals surface area contributed by atoms with Crippen molar-refractivity contribution in [3.63, 3.8) is 0 Å². The molecule has 2 aliphatic rings. The van der Waals surface area contributed by atoms with Crippen LogP contribution in [0, 0.1) is 5.41 Å². The van der Waals surface area contributed by atoms with Crippen LogP contribution >= 0.6 is 0 Å². The summed E-state index contributed by atoms with van der Waals surface area (Å²) in [5.74, 6) is -0.696. The third-order valence-corrected chi connectivity index (χ3v) is 5.63. The highest BCUT2D eigenvalue weighted by Crippen LogP contribution is 2.48. The Bertz CT molecular complexity index is 854. The Hall–Kier alpha value is -2.82. The van der Waals surface area contributed by atoms with Crippen molar-refractivity contribution in [2.45, 2.75) is 31.8 Å². The summed E-state index contributed by atoms with van der Waals surface area (Å²) in [6.45, 7) is 0.672. The van der Waals surface area contributed by atoms with Gasteiger partial charge in [-0.1, -0.05) is 24.3 Å². The highest BCUT2D eigenvalue weighted by Gasteiger charge is 2.52. The van der Waals surface area contributed by atoms with Crippen LogP contribution in [0.1, 0.15) is 34.3 Å². The van der Waals surface area contributed by atoms with Crippen molar-refractivity contribution in [2.75, 3.05) is 12.4 Å². The van der Waals surface area contributed by atoms with Crippen molar-refractivity contribution >= 4 is 17.6 Å². The molecule has 4 rings (SSSR count). The Morgan fingerprint density at radius 1 is 1.12 bits per heavy atom. The molecule has 134 valence electrons. The standard InChI is InChI=1S/C21H22N2O3/c1-23-13-16-5-3-2-4-15(16)10-21(20(23)26)11-18(12-21)22-17-8-6-14(7-9-17)19(24)25/h2-9,18,22H,10-13H2,1H3,(H,24,25). The topological polar surface area (TPSA) is 69.6 Å². The molecule has 1 fully saturated rings. The van der Waals surface area contributed by atoms with E-state index in [1.54, 1.807) is 24.3 Å². The second kappa shape index (κ2) is 6.16. The van der Waals surface area contributed by atoms with Gasteiger partial charge in [0, 0.05) is 25.3 Å². The van der Waals surface area contributed by atoms with E-state index in [9.17, 15) is 9.59 Å². The summed E-state index contributed by atoms with van der Waals surface area (Å²) < 4.78 is 0. The second-order valence-corrected chi connectivity index (χ2v) is 7.52. The largest absolute Gasteiger partial charge is 0.478 e. The van der Waals surface area contributed by atoms with E-state index in [1.807, 2.05) is 24.1 Å². The van der Waals surface area contributed by atoms with E-state index in [2.05, 4.69) is 17.4 Å². The molecule has 0 bridgehead atoms. The average molecular weight is 350 g/mol. The van der Waals surface area contributed by atoms with Gasteiger partial charge in [0.1, 0.15) is 0 Å². The molecule has 0 unspecified atom stereocenters. The van der Waals surface area contributed by atoms with E-state index >= 15 is 0 Å². The Morgan fingerprint density at radius 2 is 1.77 bits per heavy atom. The van der Waals surface area contributed by atoms with E-state index in [-0.39, 0.29) is 22.9 Å². The minimum absolute atomic E-state index is 0.230. The monoisotopic (exact) mass is 350 g/mol. The summed E-state index contributed by atoms with van der Waals surface area (Å²) >= 11 is 0. The molecule has 1 amide bonds. The zero-order chi connectivity index (χ0) is 18.3. The van der Waals surface area contributed by atoms with E-state index in [0.29, 0.717) is 6.54 Å². The number of nitrogens with zero attached hydrogens (tertiary/aromatic N) is 1. The van der Waals surface area contributed by atoms with Crippen LogP contribution < -0.4 is 5.32 Å². The van der Waals surface area contributed by atoms with Gasteiger partial charge in [-0.25, -0.2) is 4.79 Å². The number of rotatable bonds is 3. The molecule has 0 saturated heterocycles. The fourth-order valence-electron chi connectivity index (χ4n) is 4.31. The molecule has 2 aromatic rings. The zero-order valence-electron chi connectivity index (χ0n) is 14.7. The van der Waals surface area contributed by atoms with Gasteiger partial charge in [-0.05, 0) is 54.7 Å². The normalized spacial score (nSPS) is 24.6. The van der Waals surface area contributed by atoms with Crippen molar-refractivity contribution < 1.29 is 14.7 Å². The van der Waals surface area contributed by atoms with E-state index in [4.69, 9.17) is 5.11 Å². The van der Waals surface area contributed by atoms with Gasteiger partial charge in [-0.2, -0.15) is 0 Å². The first-order valence-electron chi connectivity index (χ1n) is 8.89. The van der Waals surface area contributed by atoms with E-state index < -0.39 is 5.97 Å². The van der Waals surface area contributed by atoms with Crippen LogP contribution in [0.4, 0.5) is 5.69 Å². The molecule has 1 heterocycles. The first-order valence-corrected chi connectivity index (χ1v) is 8.89. The Morgan fingerprint density at radius 3 is 2.42 bits per heavy atom. The van der Waals surface area contributed by atoms with Crippen LogP contribution in [0.2, 0.25) is 0 Å². The van der Waals surface area contributed by atoms with Gasteiger partial charge in [-0.3, -0.25) is 4.79 Å². The fourth-order valence-corrected chi connectivity index (χ4v) is 4.31. The molecule has 5 nitrogen and oxygen atoms in total. The van der Waals surface area contributed by atoms with Gasteiger partial charge in [0.05, 0.1) is 11.0 Å². The zero-order valence-corrected chi connectivity index (χ0v) is 14.7. The number of benzene rings is 2. The second-order valence-electron chi connectivity index (χ2n) is 7.52. The fraction of sp³-hybridized carbons (Fsp3) is 0.333. The molecule has 0 aromatic heterocycles. The number of fused-ring (bicyclic) bond motifs is 1. The number of aromatic carboxylic acids is 1. The minimum atomic E-state index is -0.926. The molecule has 2 N–H and O–H groups in total. The van der Waals surface area contributed by atoms with Crippen molar-refractivity contribution in [1.82, 2.24) is 4.90 Å². The van der Waals surface area contributed by atoms with Gasteiger partial charge < -0.3 is 15.3 Å². The number of carbonyl (C=O) groups is 2. The highest BCUT2D eigenvalue weighted by atomic mass is 16.4. The number of amides is 1. The van der Waals surface area contributed by atoms with Crippen LogP contribution in [-0.2, 0) is 17.8 Å². The molecular formula is C21H22N2O3. The Balaban J connectivity index is 1.48. The first-order chi connectivity index (χ1) is 12.5. The molecule has 0 atom stereocenters. The number of carboxylic acids is 1. The third-order valence-electron chi connectivity index (χ3n) is 5.63. The summed E-state index contributed by atoms with van der Waals surface area (Å²) in [6.07, 6.45) is 2.39. The molecule has 1 aliphatic heterocycles. The molecule has 1 saturated carbocycles. The third kappa shape index (κ3) is 2.83. The smallest absolute Gasteiger partial charge is 0.335 e. The van der Waals surface area contributed by atoms with Crippen molar-refractivity contribution in [1.29, 1.82) is 0 Å². The Labute approximate surface area is 152 Å². The quantitative estimate of drug-likeness (QED) is 0.892. The van der Waals surface area contributed by atoms with Crippen LogP contribution in [-0.4, -0.2) is 35.0 Å². The van der Waals surface area contributed by atoms with Crippen LogP contribution in [0.3, 0.4) is 0 Å². The van der Waals surface area contributed by atoms with Gasteiger partial charge >= 0.3 is 5.97 Å². The number of carbonyl (C=O) groups excluding carboxylic acids is 1. The van der Waals surface area contributed by atoms with Crippen LogP contribution in [0.5, 0.6) is 0 Å².